The highest BCUT2D eigenvalue weighted by atomic mass is 32.2. The van der Waals surface area contributed by atoms with Crippen LogP contribution in [0.4, 0.5) is 0 Å². The van der Waals surface area contributed by atoms with E-state index in [1.54, 1.807) is 4.57 Å². The van der Waals surface area contributed by atoms with Crippen molar-refractivity contribution < 1.29 is 9.63 Å². The zero-order valence-corrected chi connectivity index (χ0v) is 15.5. The number of hydrogen-bond donors (Lipinski definition) is 1. The van der Waals surface area contributed by atoms with E-state index in [-0.39, 0.29) is 10.9 Å². The number of amides is 1. The molecule has 1 aromatic carbocycles. The topological polar surface area (TPSA) is 86.1 Å². The van der Waals surface area contributed by atoms with E-state index >= 15 is 0 Å². The molecular formula is C18H18N4O3S. The Kier molecular flexibility index (Phi) is 5.34. The lowest BCUT2D eigenvalue weighted by atomic mass is 10.1. The van der Waals surface area contributed by atoms with Crippen molar-refractivity contribution in [3.05, 3.63) is 58.0 Å². The minimum absolute atomic E-state index is 0.0422. The molecule has 0 aliphatic rings. The van der Waals surface area contributed by atoms with E-state index in [1.807, 2.05) is 30.5 Å². The van der Waals surface area contributed by atoms with Crippen LogP contribution in [-0.4, -0.2) is 33.8 Å². The highest BCUT2D eigenvalue weighted by Gasteiger charge is 2.18. The van der Waals surface area contributed by atoms with Gasteiger partial charge in [0.2, 0.25) is 5.43 Å². The first-order chi connectivity index (χ1) is 12.6. The van der Waals surface area contributed by atoms with Gasteiger partial charge in [0.05, 0.1) is 12.5 Å². The quantitative estimate of drug-likeness (QED) is 0.422. The molecule has 1 amide bonds. The van der Waals surface area contributed by atoms with Gasteiger partial charge in [0.1, 0.15) is 5.56 Å². The Hall–Kier alpha value is -2.71. The van der Waals surface area contributed by atoms with E-state index in [1.165, 1.54) is 36.8 Å². The minimum Gasteiger partial charge on any atom is -0.300 e. The third-order valence-corrected chi connectivity index (χ3v) is 4.53. The summed E-state index contributed by atoms with van der Waals surface area (Å²) in [6.45, 7) is 2.08. The molecule has 26 heavy (non-hydrogen) atoms. The number of nitrogens with one attached hydrogen (secondary N) is 1. The van der Waals surface area contributed by atoms with Gasteiger partial charge in [-0.1, -0.05) is 30.8 Å². The molecular weight excluding hydrogens is 352 g/mol. The average Bonchev–Trinajstić information content (AvgIpc) is 2.68. The van der Waals surface area contributed by atoms with Crippen LogP contribution in [0.15, 0.2) is 46.6 Å². The van der Waals surface area contributed by atoms with Crippen molar-refractivity contribution in [1.82, 2.24) is 20.0 Å². The maximum Gasteiger partial charge on any atom is 0.280 e. The highest BCUT2D eigenvalue weighted by molar-refractivity contribution is 7.98. The smallest absolute Gasteiger partial charge is 0.280 e. The fraction of sp³-hybridized carbons (Fsp3) is 0.222. The van der Waals surface area contributed by atoms with Gasteiger partial charge in [-0.2, -0.15) is 0 Å². The molecule has 2 heterocycles. The second kappa shape index (κ2) is 7.67. The van der Waals surface area contributed by atoms with Gasteiger partial charge >= 0.3 is 0 Å². The SMILES string of the molecule is CCc1ccc(-n2cc(C(=O)NOC)c(=O)c3cnc(SC)nc32)cc1. The third-order valence-electron chi connectivity index (χ3n) is 3.97. The Balaban J connectivity index is 2.31. The van der Waals surface area contributed by atoms with Crippen LogP contribution < -0.4 is 10.9 Å². The van der Waals surface area contributed by atoms with Crippen LogP contribution in [0.5, 0.6) is 0 Å². The van der Waals surface area contributed by atoms with Crippen molar-refractivity contribution in [1.29, 1.82) is 0 Å². The van der Waals surface area contributed by atoms with E-state index in [9.17, 15) is 9.59 Å². The molecule has 0 saturated heterocycles. The van der Waals surface area contributed by atoms with Crippen molar-refractivity contribution in [2.75, 3.05) is 13.4 Å². The summed E-state index contributed by atoms with van der Waals surface area (Å²) in [5, 5.41) is 0.816. The Morgan fingerprint density at radius 3 is 2.65 bits per heavy atom. The lowest BCUT2D eigenvalue weighted by molar-refractivity contribution is 0.0536. The number of aromatic nitrogens is 3. The molecule has 3 aromatic rings. The van der Waals surface area contributed by atoms with Gasteiger partial charge in [-0.05, 0) is 30.4 Å². The number of carbonyl (C=O) groups is 1. The molecule has 1 N–H and O–H groups in total. The third kappa shape index (κ3) is 3.33. The molecule has 134 valence electrons. The molecule has 2 aromatic heterocycles. The monoisotopic (exact) mass is 370 g/mol. The Morgan fingerprint density at radius 1 is 1.31 bits per heavy atom. The van der Waals surface area contributed by atoms with Gasteiger partial charge in [0.25, 0.3) is 5.91 Å². The van der Waals surface area contributed by atoms with Crippen molar-refractivity contribution in [2.24, 2.45) is 0 Å². The Labute approximate surface area is 154 Å². The summed E-state index contributed by atoms with van der Waals surface area (Å²) in [6.07, 6.45) is 5.72. The average molecular weight is 370 g/mol. The summed E-state index contributed by atoms with van der Waals surface area (Å²) in [6, 6.07) is 7.87. The van der Waals surface area contributed by atoms with Gasteiger partial charge in [-0.25, -0.2) is 15.4 Å². The van der Waals surface area contributed by atoms with Gasteiger partial charge < -0.3 is 4.57 Å². The molecule has 0 spiro atoms. The maximum atomic E-state index is 12.7. The van der Waals surface area contributed by atoms with Crippen LogP contribution in [0.25, 0.3) is 16.7 Å². The fourth-order valence-corrected chi connectivity index (χ4v) is 2.93. The van der Waals surface area contributed by atoms with E-state index in [0.717, 1.165) is 12.1 Å². The van der Waals surface area contributed by atoms with E-state index in [2.05, 4.69) is 27.2 Å². The van der Waals surface area contributed by atoms with E-state index < -0.39 is 11.3 Å². The number of pyridine rings is 1. The van der Waals surface area contributed by atoms with Gasteiger partial charge in [-0.15, -0.1) is 0 Å². The normalized spacial score (nSPS) is 10.9. The van der Waals surface area contributed by atoms with Crippen LogP contribution >= 0.6 is 11.8 Å². The first-order valence-electron chi connectivity index (χ1n) is 7.98. The summed E-state index contributed by atoms with van der Waals surface area (Å²) >= 11 is 1.38. The molecule has 0 unspecified atom stereocenters. The van der Waals surface area contributed by atoms with E-state index in [4.69, 9.17) is 0 Å². The number of thioether (sulfide) groups is 1. The number of nitrogens with zero attached hydrogens (tertiary/aromatic N) is 3. The van der Waals surface area contributed by atoms with Crippen LogP contribution in [-0.2, 0) is 11.3 Å². The fourth-order valence-electron chi connectivity index (χ4n) is 2.59. The minimum atomic E-state index is -0.618. The predicted molar refractivity (Wildman–Crippen MR) is 101 cm³/mol. The standard InChI is InChI=1S/C18H18N4O3S/c1-4-11-5-7-12(8-6-11)22-10-14(17(24)21-25-2)15(23)13-9-19-18(26-3)20-16(13)22/h5-10H,4H2,1-3H3,(H,21,24). The number of benzene rings is 1. The van der Waals surface area contributed by atoms with Gasteiger partial charge in [-0.3, -0.25) is 14.4 Å². The molecule has 0 aliphatic heterocycles. The zero-order chi connectivity index (χ0) is 18.7. The Bertz CT molecular complexity index is 1020. The number of aryl methyl sites for hydroxylation is 1. The van der Waals surface area contributed by atoms with Gasteiger partial charge in [0, 0.05) is 18.1 Å². The molecule has 0 atom stereocenters. The van der Waals surface area contributed by atoms with Crippen LogP contribution in [0.1, 0.15) is 22.8 Å². The maximum absolute atomic E-state index is 12.7. The summed E-state index contributed by atoms with van der Waals surface area (Å²) < 4.78 is 1.72. The molecule has 0 saturated carbocycles. The first kappa shape index (κ1) is 18.1. The largest absolute Gasteiger partial charge is 0.300 e. The highest BCUT2D eigenvalue weighted by Crippen LogP contribution is 2.19. The second-order valence-corrected chi connectivity index (χ2v) is 6.26. The summed E-state index contributed by atoms with van der Waals surface area (Å²) in [5.41, 5.74) is 4.14. The molecule has 7 nitrogen and oxygen atoms in total. The molecule has 8 heteroatoms. The first-order valence-corrected chi connectivity index (χ1v) is 9.20. The van der Waals surface area contributed by atoms with Crippen molar-refractivity contribution in [3.63, 3.8) is 0 Å². The molecule has 0 aliphatic carbocycles. The summed E-state index contributed by atoms with van der Waals surface area (Å²) in [7, 11) is 1.31. The number of carbonyl (C=O) groups excluding carboxylic acids is 1. The number of hydroxylamine groups is 1. The van der Waals surface area contributed by atoms with Crippen LogP contribution in [0.2, 0.25) is 0 Å². The lowest BCUT2D eigenvalue weighted by Gasteiger charge is -2.13. The van der Waals surface area contributed by atoms with Gasteiger partial charge in [0.15, 0.2) is 10.8 Å². The Morgan fingerprint density at radius 2 is 2.04 bits per heavy atom. The number of rotatable bonds is 5. The number of hydrogen-bond acceptors (Lipinski definition) is 6. The second-order valence-electron chi connectivity index (χ2n) is 5.49. The summed E-state index contributed by atoms with van der Waals surface area (Å²) in [5.74, 6) is -0.618. The lowest BCUT2D eigenvalue weighted by Crippen LogP contribution is -2.29. The number of fused-ring (bicyclic) bond motifs is 1. The zero-order valence-electron chi connectivity index (χ0n) is 14.6. The molecule has 0 radical (unpaired) electrons. The molecule has 0 bridgehead atoms. The predicted octanol–water partition coefficient (Wildman–Crippen LogP) is 2.36. The molecule has 0 fully saturated rings. The van der Waals surface area contributed by atoms with Crippen molar-refractivity contribution in [3.8, 4) is 5.69 Å². The van der Waals surface area contributed by atoms with Crippen LogP contribution in [0.3, 0.4) is 0 Å². The van der Waals surface area contributed by atoms with Crippen molar-refractivity contribution >= 4 is 28.7 Å². The summed E-state index contributed by atoms with van der Waals surface area (Å²) in [4.78, 5) is 38.2. The van der Waals surface area contributed by atoms with E-state index in [0.29, 0.717) is 10.8 Å². The van der Waals surface area contributed by atoms with Crippen LogP contribution in [0, 0.1) is 0 Å². The van der Waals surface area contributed by atoms with Crippen molar-refractivity contribution in [2.45, 2.75) is 18.5 Å². The molecule has 3 rings (SSSR count).